The maximum absolute atomic E-state index is 12.8. The van der Waals surface area contributed by atoms with Crippen LogP contribution in [0.3, 0.4) is 0 Å². The molecule has 0 aliphatic carbocycles. The van der Waals surface area contributed by atoms with Gasteiger partial charge in [-0.05, 0) is 36.2 Å². The van der Waals surface area contributed by atoms with Gasteiger partial charge in [0.15, 0.2) is 0 Å². The highest BCUT2D eigenvalue weighted by Crippen LogP contribution is 2.27. The number of fused-ring (bicyclic) bond motifs is 1. The maximum atomic E-state index is 12.8. The minimum atomic E-state index is -0.359. The van der Waals surface area contributed by atoms with Crippen LogP contribution in [0.4, 0.5) is 5.69 Å². The molecule has 4 rings (SSSR count). The standard InChI is InChI=1S/C20H15ClN4O2S/c1-12-7-8-15(14(21)9-12)23-16(26)10-25-11-22-18-17(13-5-3-2-4-6-13)24-28-19(18)20(25)27/h2-9,11H,10H2,1H3,(H,23,26). The van der Waals surface area contributed by atoms with Crippen molar-refractivity contribution < 1.29 is 4.79 Å². The van der Waals surface area contributed by atoms with Gasteiger partial charge in [0.25, 0.3) is 5.56 Å². The molecule has 2 heterocycles. The molecule has 4 aromatic rings. The van der Waals surface area contributed by atoms with Gasteiger partial charge in [-0.3, -0.25) is 14.2 Å². The van der Waals surface area contributed by atoms with Crippen molar-refractivity contribution in [1.82, 2.24) is 13.9 Å². The number of rotatable bonds is 4. The fraction of sp³-hybridized carbons (Fsp3) is 0.100. The monoisotopic (exact) mass is 410 g/mol. The first-order valence-electron chi connectivity index (χ1n) is 8.49. The number of carbonyl (C=O) groups is 1. The van der Waals surface area contributed by atoms with Gasteiger partial charge in [0, 0.05) is 5.56 Å². The Hall–Kier alpha value is -3.03. The van der Waals surface area contributed by atoms with E-state index in [2.05, 4.69) is 14.7 Å². The van der Waals surface area contributed by atoms with E-state index in [0.717, 1.165) is 22.7 Å². The quantitative estimate of drug-likeness (QED) is 0.549. The van der Waals surface area contributed by atoms with Gasteiger partial charge in [-0.25, -0.2) is 4.98 Å². The third-order valence-electron chi connectivity index (χ3n) is 4.21. The maximum Gasteiger partial charge on any atom is 0.273 e. The van der Waals surface area contributed by atoms with Crippen LogP contribution in [0.1, 0.15) is 5.56 Å². The molecule has 2 aromatic carbocycles. The molecule has 1 amide bonds. The average Bonchev–Trinajstić information content (AvgIpc) is 3.12. The molecule has 2 aromatic heterocycles. The van der Waals surface area contributed by atoms with Crippen molar-refractivity contribution >= 4 is 44.9 Å². The number of halogens is 1. The molecular weight excluding hydrogens is 396 g/mol. The molecule has 8 heteroatoms. The van der Waals surface area contributed by atoms with Gasteiger partial charge in [-0.1, -0.05) is 48.0 Å². The second-order valence-corrected chi connectivity index (χ2v) is 7.46. The lowest BCUT2D eigenvalue weighted by Gasteiger charge is -2.09. The summed E-state index contributed by atoms with van der Waals surface area (Å²) in [4.78, 5) is 29.5. The zero-order valence-electron chi connectivity index (χ0n) is 14.8. The van der Waals surface area contributed by atoms with E-state index in [1.54, 1.807) is 12.1 Å². The molecule has 0 aliphatic rings. The van der Waals surface area contributed by atoms with E-state index in [1.807, 2.05) is 43.3 Å². The Morgan fingerprint density at radius 3 is 2.75 bits per heavy atom. The minimum absolute atomic E-state index is 0.162. The summed E-state index contributed by atoms with van der Waals surface area (Å²) in [7, 11) is 0. The largest absolute Gasteiger partial charge is 0.323 e. The van der Waals surface area contributed by atoms with Crippen LogP contribution in [0.15, 0.2) is 59.7 Å². The lowest BCUT2D eigenvalue weighted by Crippen LogP contribution is -2.27. The Bertz CT molecular complexity index is 1230. The number of hydrogen-bond acceptors (Lipinski definition) is 5. The van der Waals surface area contributed by atoms with Crippen LogP contribution >= 0.6 is 23.1 Å². The highest BCUT2D eigenvalue weighted by molar-refractivity contribution is 7.13. The third-order valence-corrected chi connectivity index (χ3v) is 5.35. The predicted molar refractivity (Wildman–Crippen MR) is 112 cm³/mol. The first-order valence-corrected chi connectivity index (χ1v) is 9.64. The number of anilines is 1. The van der Waals surface area contributed by atoms with Crippen LogP contribution in [0.2, 0.25) is 5.02 Å². The Kier molecular flexibility index (Phi) is 4.93. The Balaban J connectivity index is 1.60. The van der Waals surface area contributed by atoms with E-state index in [0.29, 0.717) is 26.6 Å². The molecule has 1 N–H and O–H groups in total. The third kappa shape index (κ3) is 3.54. The van der Waals surface area contributed by atoms with E-state index in [-0.39, 0.29) is 18.0 Å². The second kappa shape index (κ2) is 7.53. The Morgan fingerprint density at radius 1 is 1.21 bits per heavy atom. The molecule has 0 saturated carbocycles. The number of hydrogen-bond donors (Lipinski definition) is 1. The van der Waals surface area contributed by atoms with Gasteiger partial charge in [-0.2, -0.15) is 4.37 Å². The van der Waals surface area contributed by atoms with E-state index < -0.39 is 0 Å². The van der Waals surface area contributed by atoms with Crippen molar-refractivity contribution in [3.8, 4) is 11.3 Å². The van der Waals surface area contributed by atoms with Gasteiger partial charge < -0.3 is 5.32 Å². The number of aryl methyl sites for hydroxylation is 1. The molecule has 0 bridgehead atoms. The van der Waals surface area contributed by atoms with Crippen LogP contribution in [0.25, 0.3) is 21.5 Å². The van der Waals surface area contributed by atoms with Gasteiger partial charge in [0.2, 0.25) is 5.91 Å². The van der Waals surface area contributed by atoms with E-state index in [1.165, 1.54) is 10.9 Å². The molecule has 0 spiro atoms. The molecule has 0 aliphatic heterocycles. The minimum Gasteiger partial charge on any atom is -0.323 e. The van der Waals surface area contributed by atoms with Gasteiger partial charge in [0.05, 0.1) is 17.0 Å². The van der Waals surface area contributed by atoms with Crippen molar-refractivity contribution in [2.75, 3.05) is 5.32 Å². The molecule has 0 fully saturated rings. The smallest absolute Gasteiger partial charge is 0.273 e. The number of aromatic nitrogens is 3. The van der Waals surface area contributed by atoms with Gasteiger partial charge in [-0.15, -0.1) is 0 Å². The molecule has 28 heavy (non-hydrogen) atoms. The first kappa shape index (κ1) is 18.3. The van der Waals surface area contributed by atoms with Gasteiger partial charge in [0.1, 0.15) is 22.5 Å². The molecule has 0 atom stereocenters. The normalized spacial score (nSPS) is 10.9. The average molecular weight is 411 g/mol. The number of nitrogens with one attached hydrogen (secondary N) is 1. The van der Waals surface area contributed by atoms with E-state index >= 15 is 0 Å². The summed E-state index contributed by atoms with van der Waals surface area (Å²) < 4.78 is 6.07. The van der Waals surface area contributed by atoms with Crippen LogP contribution in [-0.4, -0.2) is 19.8 Å². The van der Waals surface area contributed by atoms with Crippen LogP contribution in [-0.2, 0) is 11.3 Å². The molecule has 6 nitrogen and oxygen atoms in total. The predicted octanol–water partition coefficient (Wildman–Crippen LogP) is 4.12. The summed E-state index contributed by atoms with van der Waals surface area (Å²) in [5.74, 6) is -0.359. The van der Waals surface area contributed by atoms with Gasteiger partial charge >= 0.3 is 0 Å². The van der Waals surface area contributed by atoms with Crippen LogP contribution in [0.5, 0.6) is 0 Å². The summed E-state index contributed by atoms with van der Waals surface area (Å²) >= 11 is 7.23. The summed E-state index contributed by atoms with van der Waals surface area (Å²) in [6.07, 6.45) is 1.38. The SMILES string of the molecule is Cc1ccc(NC(=O)Cn2cnc3c(-c4ccccc4)nsc3c2=O)c(Cl)c1. The highest BCUT2D eigenvalue weighted by Gasteiger charge is 2.15. The fourth-order valence-corrected chi connectivity index (χ4v) is 3.91. The van der Waals surface area contributed by atoms with Crippen LogP contribution < -0.4 is 10.9 Å². The summed E-state index contributed by atoms with van der Waals surface area (Å²) in [5.41, 5.74) is 3.30. The molecule has 0 saturated heterocycles. The molecular formula is C20H15ClN4O2S. The lowest BCUT2D eigenvalue weighted by atomic mass is 10.1. The number of amides is 1. The Morgan fingerprint density at radius 2 is 2.00 bits per heavy atom. The van der Waals surface area contributed by atoms with E-state index in [4.69, 9.17) is 11.6 Å². The van der Waals surface area contributed by atoms with Crippen molar-refractivity contribution in [2.45, 2.75) is 13.5 Å². The number of carbonyl (C=O) groups excluding carboxylic acids is 1. The van der Waals surface area contributed by atoms with Crippen molar-refractivity contribution in [3.63, 3.8) is 0 Å². The zero-order valence-corrected chi connectivity index (χ0v) is 16.4. The van der Waals surface area contributed by atoms with Crippen molar-refractivity contribution in [2.24, 2.45) is 0 Å². The van der Waals surface area contributed by atoms with E-state index in [9.17, 15) is 9.59 Å². The Labute approximate surface area is 169 Å². The molecule has 140 valence electrons. The topological polar surface area (TPSA) is 76.9 Å². The molecule has 0 radical (unpaired) electrons. The number of nitrogens with zero attached hydrogens (tertiary/aromatic N) is 3. The lowest BCUT2D eigenvalue weighted by molar-refractivity contribution is -0.116. The van der Waals surface area contributed by atoms with Crippen molar-refractivity contribution in [3.05, 3.63) is 75.8 Å². The second-order valence-electron chi connectivity index (χ2n) is 6.28. The first-order chi connectivity index (χ1) is 13.5. The fourth-order valence-electron chi connectivity index (χ4n) is 2.82. The zero-order chi connectivity index (χ0) is 19.7. The highest BCUT2D eigenvalue weighted by atomic mass is 35.5. The summed E-state index contributed by atoms with van der Waals surface area (Å²) in [6.45, 7) is 1.75. The number of benzene rings is 2. The van der Waals surface area contributed by atoms with Crippen molar-refractivity contribution in [1.29, 1.82) is 0 Å². The van der Waals surface area contributed by atoms with Crippen LogP contribution in [0, 0.1) is 6.92 Å². The molecule has 0 unspecified atom stereocenters. The summed E-state index contributed by atoms with van der Waals surface area (Å²) in [6, 6.07) is 14.9. The summed E-state index contributed by atoms with van der Waals surface area (Å²) in [5, 5.41) is 3.17.